The first kappa shape index (κ1) is 19.9. The fourth-order valence-electron chi connectivity index (χ4n) is 4.64. The highest BCUT2D eigenvalue weighted by Gasteiger charge is 2.45. The number of ether oxygens (including phenoxy) is 1. The standard InChI is InChI=1S/C24H24N2O4Si/c1-5-24(29)17-11-18-20-15(12-26(18)22(27)16(17)13-30-23(24)28)10-14-8-7-9-19(21(14)25-20)31(3,4)6-2/h6-11,29H,2,5,12-13H2,1,3-4H3/t24-/m0/s1. The van der Waals surface area contributed by atoms with E-state index in [9.17, 15) is 14.7 Å². The molecule has 1 N–H and O–H groups in total. The number of aromatic nitrogens is 2. The molecule has 0 radical (unpaired) electrons. The van der Waals surface area contributed by atoms with Crippen molar-refractivity contribution >= 4 is 30.1 Å². The molecule has 1 aromatic carbocycles. The number of hydrogen-bond acceptors (Lipinski definition) is 5. The van der Waals surface area contributed by atoms with Crippen LogP contribution in [-0.4, -0.2) is 28.7 Å². The van der Waals surface area contributed by atoms with Gasteiger partial charge in [0.2, 0.25) is 0 Å². The second-order valence-corrected chi connectivity index (χ2v) is 13.3. The van der Waals surface area contributed by atoms with Crippen LogP contribution in [-0.2, 0) is 28.3 Å². The minimum absolute atomic E-state index is 0.120. The third-order valence-corrected chi connectivity index (χ3v) is 9.56. The normalized spacial score (nSPS) is 19.5. The molecule has 0 bridgehead atoms. The molecule has 4 heterocycles. The lowest BCUT2D eigenvalue weighted by Gasteiger charge is -2.31. The summed E-state index contributed by atoms with van der Waals surface area (Å²) in [5, 5.41) is 13.2. The lowest BCUT2D eigenvalue weighted by Crippen LogP contribution is -2.44. The Balaban J connectivity index is 1.80. The molecule has 0 saturated heterocycles. The molecule has 31 heavy (non-hydrogen) atoms. The second kappa shape index (κ2) is 6.48. The van der Waals surface area contributed by atoms with E-state index in [0.29, 0.717) is 23.4 Å². The van der Waals surface area contributed by atoms with Crippen LogP contribution in [0.25, 0.3) is 22.3 Å². The Hall–Kier alpha value is -3.03. The Bertz CT molecular complexity index is 1360. The zero-order chi connectivity index (χ0) is 22.1. The van der Waals surface area contributed by atoms with Gasteiger partial charge in [-0.3, -0.25) is 4.79 Å². The molecule has 2 aliphatic heterocycles. The lowest BCUT2D eigenvalue weighted by molar-refractivity contribution is -0.172. The molecule has 6 nitrogen and oxygen atoms in total. The van der Waals surface area contributed by atoms with Crippen molar-refractivity contribution in [2.24, 2.45) is 0 Å². The van der Waals surface area contributed by atoms with Crippen LogP contribution in [0.4, 0.5) is 0 Å². The van der Waals surface area contributed by atoms with E-state index in [1.165, 1.54) is 5.19 Å². The minimum atomic E-state index is -1.88. The number of esters is 1. The van der Waals surface area contributed by atoms with Gasteiger partial charge < -0.3 is 14.4 Å². The predicted octanol–water partition coefficient (Wildman–Crippen LogP) is 2.72. The zero-order valence-corrected chi connectivity index (χ0v) is 18.9. The Morgan fingerprint density at radius 3 is 2.81 bits per heavy atom. The molecule has 2 aromatic heterocycles. The predicted molar refractivity (Wildman–Crippen MR) is 122 cm³/mol. The molecular weight excluding hydrogens is 408 g/mol. The van der Waals surface area contributed by atoms with Crippen LogP contribution >= 0.6 is 0 Å². The van der Waals surface area contributed by atoms with Crippen molar-refractivity contribution in [3.8, 4) is 11.4 Å². The summed E-state index contributed by atoms with van der Waals surface area (Å²) >= 11 is 0. The number of cyclic esters (lactones) is 1. The fourth-order valence-corrected chi connectivity index (χ4v) is 6.19. The van der Waals surface area contributed by atoms with E-state index in [1.54, 1.807) is 17.6 Å². The molecular formula is C24H24N2O4Si. The fraction of sp³-hybridized carbons (Fsp3) is 0.292. The molecule has 0 saturated carbocycles. The highest BCUT2D eigenvalue weighted by molar-refractivity contribution is 6.95. The van der Waals surface area contributed by atoms with Crippen LogP contribution < -0.4 is 10.7 Å². The van der Waals surface area contributed by atoms with Crippen molar-refractivity contribution < 1.29 is 14.6 Å². The highest BCUT2D eigenvalue weighted by atomic mass is 28.3. The van der Waals surface area contributed by atoms with E-state index in [4.69, 9.17) is 9.72 Å². The number of rotatable bonds is 3. The molecule has 0 amide bonds. The third kappa shape index (κ3) is 2.63. The highest BCUT2D eigenvalue weighted by Crippen LogP contribution is 2.38. The lowest BCUT2D eigenvalue weighted by atomic mass is 9.86. The number of carbonyl (C=O) groups excluding carboxylic acids is 1. The van der Waals surface area contributed by atoms with Crippen LogP contribution in [0, 0.1) is 0 Å². The summed E-state index contributed by atoms with van der Waals surface area (Å²) in [4.78, 5) is 30.6. The SMILES string of the molecule is C=C[Si](C)(C)c1cccc2cc3c(nc12)-c1cc2c(c(=O)n1C3)COC(=O)[C@]2(O)CC. The summed E-state index contributed by atoms with van der Waals surface area (Å²) in [7, 11) is -1.88. The zero-order valence-electron chi connectivity index (χ0n) is 17.9. The van der Waals surface area contributed by atoms with Crippen LogP contribution in [0.3, 0.4) is 0 Å². The number of carbonyl (C=O) groups is 1. The van der Waals surface area contributed by atoms with Crippen LogP contribution in [0.2, 0.25) is 13.1 Å². The van der Waals surface area contributed by atoms with Gasteiger partial charge >= 0.3 is 5.97 Å². The van der Waals surface area contributed by atoms with Gasteiger partial charge in [-0.15, -0.1) is 6.58 Å². The minimum Gasteiger partial charge on any atom is -0.458 e. The van der Waals surface area contributed by atoms with E-state index in [0.717, 1.165) is 22.2 Å². The first-order chi connectivity index (χ1) is 14.7. The molecule has 0 unspecified atom stereocenters. The van der Waals surface area contributed by atoms with Crippen molar-refractivity contribution in [3.05, 3.63) is 69.7 Å². The summed E-state index contributed by atoms with van der Waals surface area (Å²) in [6.45, 7) is 10.5. The Kier molecular flexibility index (Phi) is 4.16. The molecule has 0 aliphatic carbocycles. The van der Waals surface area contributed by atoms with Gasteiger partial charge in [0.05, 0.1) is 29.0 Å². The Labute approximate surface area is 180 Å². The van der Waals surface area contributed by atoms with Gasteiger partial charge in [-0.1, -0.05) is 43.9 Å². The topological polar surface area (TPSA) is 81.4 Å². The Morgan fingerprint density at radius 2 is 2.10 bits per heavy atom. The first-order valence-corrected chi connectivity index (χ1v) is 13.5. The summed E-state index contributed by atoms with van der Waals surface area (Å²) in [6.07, 6.45) is 0.128. The van der Waals surface area contributed by atoms with Crippen LogP contribution in [0.5, 0.6) is 0 Å². The average molecular weight is 433 g/mol. The van der Waals surface area contributed by atoms with Crippen molar-refractivity contribution in [3.63, 3.8) is 0 Å². The number of nitrogens with zero attached hydrogens (tertiary/aromatic N) is 2. The van der Waals surface area contributed by atoms with E-state index >= 15 is 0 Å². The molecule has 7 heteroatoms. The van der Waals surface area contributed by atoms with Gasteiger partial charge in [0.15, 0.2) is 5.60 Å². The van der Waals surface area contributed by atoms with Gasteiger partial charge in [0, 0.05) is 16.5 Å². The third-order valence-electron chi connectivity index (χ3n) is 6.74. The number of fused-ring (bicyclic) bond motifs is 5. The van der Waals surface area contributed by atoms with Gasteiger partial charge in [0.25, 0.3) is 5.56 Å². The van der Waals surface area contributed by atoms with Gasteiger partial charge in [-0.25, -0.2) is 9.78 Å². The van der Waals surface area contributed by atoms with Gasteiger partial charge in [-0.05, 0) is 23.7 Å². The van der Waals surface area contributed by atoms with Crippen LogP contribution in [0.1, 0.15) is 30.0 Å². The Morgan fingerprint density at radius 1 is 1.32 bits per heavy atom. The number of para-hydroxylation sites is 1. The number of aliphatic hydroxyl groups is 1. The molecule has 3 aromatic rings. The van der Waals surface area contributed by atoms with E-state index in [1.807, 2.05) is 17.8 Å². The molecule has 2 aliphatic rings. The maximum Gasteiger partial charge on any atom is 0.343 e. The maximum absolute atomic E-state index is 13.3. The summed E-state index contributed by atoms with van der Waals surface area (Å²) in [5.41, 5.74) is 3.90. The van der Waals surface area contributed by atoms with E-state index in [2.05, 4.69) is 31.8 Å². The first-order valence-electron chi connectivity index (χ1n) is 10.4. The number of benzene rings is 1. The molecule has 0 fully saturated rings. The largest absolute Gasteiger partial charge is 0.458 e. The smallest absolute Gasteiger partial charge is 0.343 e. The molecule has 0 spiro atoms. The van der Waals surface area contributed by atoms with Gasteiger partial charge in [0.1, 0.15) is 14.7 Å². The van der Waals surface area contributed by atoms with Crippen molar-refractivity contribution in [2.45, 2.75) is 45.2 Å². The molecule has 158 valence electrons. The summed E-state index contributed by atoms with van der Waals surface area (Å²) in [6, 6.07) is 10.0. The van der Waals surface area contributed by atoms with Crippen molar-refractivity contribution in [1.82, 2.24) is 9.55 Å². The monoisotopic (exact) mass is 432 g/mol. The van der Waals surface area contributed by atoms with Gasteiger partial charge in [-0.2, -0.15) is 0 Å². The summed E-state index contributed by atoms with van der Waals surface area (Å²) < 4.78 is 6.80. The van der Waals surface area contributed by atoms with Crippen LogP contribution in [0.15, 0.2) is 47.4 Å². The number of pyridine rings is 2. The van der Waals surface area contributed by atoms with Crippen molar-refractivity contribution in [2.75, 3.05) is 0 Å². The molecule has 5 rings (SSSR count). The van der Waals surface area contributed by atoms with E-state index in [-0.39, 0.29) is 18.6 Å². The molecule has 1 atom stereocenters. The van der Waals surface area contributed by atoms with E-state index < -0.39 is 19.6 Å². The quantitative estimate of drug-likeness (QED) is 0.398. The van der Waals surface area contributed by atoms with Crippen molar-refractivity contribution in [1.29, 1.82) is 0 Å². The summed E-state index contributed by atoms with van der Waals surface area (Å²) in [5.74, 6) is -0.711. The maximum atomic E-state index is 13.3. The second-order valence-electron chi connectivity index (χ2n) is 8.90. The number of hydrogen-bond donors (Lipinski definition) is 1. The average Bonchev–Trinajstić information content (AvgIpc) is 3.12.